The number of fused-ring (bicyclic) bond motifs is 2. The molecule has 6 N–H and O–H groups in total. The first-order valence-corrected chi connectivity index (χ1v) is 26.7. The van der Waals surface area contributed by atoms with Crippen LogP contribution in [0.15, 0.2) is 161 Å². The maximum atomic E-state index is 12.6. The molecule has 1 fully saturated rings. The lowest BCUT2D eigenvalue weighted by Gasteiger charge is -2.18. The summed E-state index contributed by atoms with van der Waals surface area (Å²) >= 11 is 1.04. The van der Waals surface area contributed by atoms with E-state index in [4.69, 9.17) is 0 Å². The predicted octanol–water partition coefficient (Wildman–Crippen LogP) is 9.23. The summed E-state index contributed by atoms with van der Waals surface area (Å²) in [6, 6.07) is 32.7. The van der Waals surface area contributed by atoms with Crippen molar-refractivity contribution in [2.75, 3.05) is 10.6 Å². The van der Waals surface area contributed by atoms with Crippen LogP contribution in [-0.4, -0.2) is 67.6 Å². The van der Waals surface area contributed by atoms with Gasteiger partial charge in [0, 0.05) is 33.6 Å². The molecule has 7 aromatic rings. The van der Waals surface area contributed by atoms with E-state index in [1.54, 1.807) is 6.07 Å². The Hall–Kier alpha value is -7.24. The van der Waals surface area contributed by atoms with E-state index in [1.807, 2.05) is 36.4 Å². The standard InChI is InChI=1S/C44H33N9O12S5/c1-24-35(22-45)41(47-28-11-15-31(16-12-28)67(54,55)56)49-42(48-29-13-17-32(18-14-29)68(57,58)59)40(24)51-52-43-36(23-46)39(27-10-9-25-5-2-3-6-26(25)19-27)44(66-43)53-50-30-20-34-33(38(21-30)70(63,64)65)7-4-8-37(34)69(60,61)62/h2-21,36,39,43-44H,1H3,(H2,47,48,49)(H,54,55,56)(H,57,58,59)(H,60,61,62)(H,63,64,65). The van der Waals surface area contributed by atoms with Crippen molar-refractivity contribution in [1.82, 2.24) is 4.98 Å². The topological polar surface area (TPSA) is 351 Å². The fourth-order valence-electron chi connectivity index (χ4n) is 7.66. The van der Waals surface area contributed by atoms with Crippen LogP contribution < -0.4 is 10.6 Å². The quantitative estimate of drug-likeness (QED) is 0.0462. The minimum Gasteiger partial charge on any atom is -0.339 e. The average molecular weight is 1040 g/mol. The highest BCUT2D eigenvalue weighted by Crippen LogP contribution is 2.51. The molecule has 0 aliphatic carbocycles. The molecule has 0 radical (unpaired) electrons. The number of nitrogens with one attached hydrogen (secondary N) is 2. The molecule has 1 aliphatic heterocycles. The Balaban J connectivity index is 1.23. The summed E-state index contributed by atoms with van der Waals surface area (Å²) in [5.74, 6) is -1.89. The SMILES string of the molecule is Cc1c(C#N)c(Nc2ccc(S(=O)(=O)O)cc2)nc(Nc2ccc(S(=O)(=O)O)cc2)c1N=NC1SC(N=Nc2cc(S(=O)(=O)O)c3cccc(S(=O)(=O)O)c3c2)C(c2ccc3ccccc3c2)C1C#N. The molecule has 1 aliphatic rings. The van der Waals surface area contributed by atoms with Gasteiger partial charge in [0.15, 0.2) is 11.6 Å². The van der Waals surface area contributed by atoms with E-state index in [0.717, 1.165) is 58.9 Å². The maximum Gasteiger partial charge on any atom is 0.295 e. The molecule has 26 heteroatoms. The number of thioether (sulfide) groups is 1. The molecule has 0 bridgehead atoms. The summed E-state index contributed by atoms with van der Waals surface area (Å²) in [5.41, 5.74) is 1.02. The van der Waals surface area contributed by atoms with Crippen molar-refractivity contribution < 1.29 is 51.9 Å². The number of hydrogen-bond donors (Lipinski definition) is 6. The number of anilines is 4. The Morgan fingerprint density at radius 1 is 0.600 bits per heavy atom. The second-order valence-corrected chi connectivity index (χ2v) is 22.3. The highest BCUT2D eigenvalue weighted by molar-refractivity contribution is 8.00. The number of hydrogen-bond acceptors (Lipinski definition) is 18. The molecule has 2 heterocycles. The third kappa shape index (κ3) is 10.4. The Labute approximate surface area is 403 Å². The molecule has 70 heavy (non-hydrogen) atoms. The van der Waals surface area contributed by atoms with Gasteiger partial charge in [0.05, 0.1) is 33.0 Å². The minimum atomic E-state index is -5.00. The maximum absolute atomic E-state index is 12.6. The van der Waals surface area contributed by atoms with Gasteiger partial charge in [-0.2, -0.15) is 64.7 Å². The van der Waals surface area contributed by atoms with Crippen LogP contribution in [0.1, 0.15) is 22.6 Å². The molecule has 21 nitrogen and oxygen atoms in total. The molecule has 356 valence electrons. The van der Waals surface area contributed by atoms with E-state index >= 15 is 0 Å². The average Bonchev–Trinajstić information content (AvgIpc) is 3.66. The Bertz CT molecular complexity index is 3890. The van der Waals surface area contributed by atoms with Gasteiger partial charge >= 0.3 is 0 Å². The van der Waals surface area contributed by atoms with Gasteiger partial charge in [-0.05, 0) is 90.0 Å². The minimum absolute atomic E-state index is 0.0177. The molecule has 0 spiro atoms. The van der Waals surface area contributed by atoms with E-state index < -0.39 is 82.6 Å². The van der Waals surface area contributed by atoms with Crippen molar-refractivity contribution in [3.63, 3.8) is 0 Å². The highest BCUT2D eigenvalue weighted by atomic mass is 32.2. The lowest BCUT2D eigenvalue weighted by atomic mass is 9.86. The van der Waals surface area contributed by atoms with E-state index in [2.05, 4.69) is 48.2 Å². The third-order valence-electron chi connectivity index (χ3n) is 11.0. The normalized spacial score (nSPS) is 17.8. The highest BCUT2D eigenvalue weighted by Gasteiger charge is 2.46. The van der Waals surface area contributed by atoms with Crippen molar-refractivity contribution in [2.45, 2.75) is 43.2 Å². The summed E-state index contributed by atoms with van der Waals surface area (Å²) in [4.78, 5) is 2.43. The van der Waals surface area contributed by atoms with E-state index in [-0.39, 0.29) is 56.3 Å². The van der Waals surface area contributed by atoms with Crippen molar-refractivity contribution in [2.24, 2.45) is 26.4 Å². The van der Waals surface area contributed by atoms with Crippen LogP contribution in [0, 0.1) is 35.5 Å². The van der Waals surface area contributed by atoms with Crippen molar-refractivity contribution >= 4 is 108 Å². The van der Waals surface area contributed by atoms with Crippen LogP contribution >= 0.6 is 11.8 Å². The number of rotatable bonds is 13. The van der Waals surface area contributed by atoms with E-state index in [0.29, 0.717) is 5.56 Å². The van der Waals surface area contributed by atoms with Crippen molar-refractivity contribution in [3.8, 4) is 12.1 Å². The molecule has 1 aromatic heterocycles. The van der Waals surface area contributed by atoms with Crippen molar-refractivity contribution in [3.05, 3.63) is 138 Å². The molecule has 4 unspecified atom stereocenters. The molecule has 8 rings (SSSR count). The fourth-order valence-corrected chi connectivity index (χ4v) is 11.4. The van der Waals surface area contributed by atoms with Gasteiger partial charge < -0.3 is 10.6 Å². The van der Waals surface area contributed by atoms with Gasteiger partial charge in [0.1, 0.15) is 32.3 Å². The molecule has 0 amide bonds. The summed E-state index contributed by atoms with van der Waals surface area (Å²) in [5, 5.41) is 44.4. The van der Waals surface area contributed by atoms with E-state index in [9.17, 15) is 62.4 Å². The Morgan fingerprint density at radius 3 is 1.76 bits per heavy atom. The first-order chi connectivity index (χ1) is 33.0. The molecule has 1 saturated heterocycles. The smallest absolute Gasteiger partial charge is 0.295 e. The van der Waals surface area contributed by atoms with Gasteiger partial charge in [-0.15, -0.1) is 11.8 Å². The Kier molecular flexibility index (Phi) is 13.3. The molecule has 0 saturated carbocycles. The summed E-state index contributed by atoms with van der Waals surface area (Å²) < 4.78 is 136. The van der Waals surface area contributed by atoms with Gasteiger partial charge in [-0.3, -0.25) is 18.2 Å². The van der Waals surface area contributed by atoms with Crippen LogP contribution in [0.4, 0.5) is 34.4 Å². The zero-order valence-electron chi connectivity index (χ0n) is 35.6. The number of benzene rings is 6. The number of pyridine rings is 1. The fraction of sp³-hybridized carbons (Fsp3) is 0.114. The van der Waals surface area contributed by atoms with Crippen LogP contribution in [0.2, 0.25) is 0 Å². The number of nitriles is 2. The predicted molar refractivity (Wildman–Crippen MR) is 256 cm³/mol. The first-order valence-electron chi connectivity index (χ1n) is 20.0. The van der Waals surface area contributed by atoms with Gasteiger partial charge in [0.25, 0.3) is 40.5 Å². The first kappa shape index (κ1) is 49.2. The van der Waals surface area contributed by atoms with Crippen LogP contribution in [0.25, 0.3) is 21.5 Å². The molecular formula is C44H33N9O12S5. The third-order valence-corrected chi connectivity index (χ3v) is 15.8. The largest absolute Gasteiger partial charge is 0.339 e. The summed E-state index contributed by atoms with van der Waals surface area (Å²) in [7, 11) is -19.0. The van der Waals surface area contributed by atoms with Crippen LogP contribution in [0.5, 0.6) is 0 Å². The van der Waals surface area contributed by atoms with E-state index in [1.165, 1.54) is 49.4 Å². The summed E-state index contributed by atoms with van der Waals surface area (Å²) in [6.45, 7) is 1.53. The number of nitrogens with zero attached hydrogens (tertiary/aromatic N) is 7. The monoisotopic (exact) mass is 1040 g/mol. The van der Waals surface area contributed by atoms with Gasteiger partial charge in [-0.1, -0.05) is 54.6 Å². The second-order valence-electron chi connectivity index (χ2n) is 15.4. The zero-order chi connectivity index (χ0) is 50.3. The summed E-state index contributed by atoms with van der Waals surface area (Å²) in [6.07, 6.45) is 0. The number of aromatic nitrogens is 1. The molecular weight excluding hydrogens is 1010 g/mol. The lowest BCUT2D eigenvalue weighted by molar-refractivity contribution is 0.481. The van der Waals surface area contributed by atoms with Gasteiger partial charge in [0.2, 0.25) is 0 Å². The number of azo groups is 2. The molecule has 6 aromatic carbocycles. The molecule has 4 atom stereocenters. The lowest BCUT2D eigenvalue weighted by Crippen LogP contribution is -2.17. The van der Waals surface area contributed by atoms with Crippen LogP contribution in [0.3, 0.4) is 0 Å². The van der Waals surface area contributed by atoms with Gasteiger partial charge in [-0.25, -0.2) is 4.98 Å². The second kappa shape index (κ2) is 18.9. The zero-order valence-corrected chi connectivity index (χ0v) is 39.7. The Morgan fingerprint density at radius 2 is 1.19 bits per heavy atom. The van der Waals surface area contributed by atoms with Crippen LogP contribution in [-0.2, 0) is 40.5 Å². The van der Waals surface area contributed by atoms with Crippen molar-refractivity contribution in [1.29, 1.82) is 10.5 Å².